The molecule has 4 aliphatic heterocycles. The second kappa shape index (κ2) is 10.7. The lowest BCUT2D eigenvalue weighted by Gasteiger charge is -2.35. The molecule has 1 aliphatic carbocycles. The molecule has 11 heteroatoms. The van der Waals surface area contributed by atoms with Crippen LogP contribution in [0.2, 0.25) is 0 Å². The summed E-state index contributed by atoms with van der Waals surface area (Å²) in [6.45, 7) is 2.84. The van der Waals surface area contributed by atoms with Crippen molar-refractivity contribution in [3.63, 3.8) is 0 Å². The molecule has 2 bridgehead atoms. The van der Waals surface area contributed by atoms with Gasteiger partial charge in [-0.2, -0.15) is 9.97 Å². The highest BCUT2D eigenvalue weighted by molar-refractivity contribution is 6.03. The Bertz CT molecular complexity index is 1980. The van der Waals surface area contributed by atoms with E-state index in [-0.39, 0.29) is 46.6 Å². The molecule has 5 fully saturated rings. The van der Waals surface area contributed by atoms with E-state index in [1.54, 1.807) is 0 Å². The third kappa shape index (κ3) is 4.71. The molecule has 6 heterocycles. The first-order valence-corrected chi connectivity index (χ1v) is 16.7. The van der Waals surface area contributed by atoms with E-state index in [1.807, 2.05) is 0 Å². The van der Waals surface area contributed by atoms with Gasteiger partial charge in [0.1, 0.15) is 41.4 Å². The highest BCUT2D eigenvalue weighted by Gasteiger charge is 2.49. The summed E-state index contributed by atoms with van der Waals surface area (Å²) in [6.07, 6.45) is 10.9. The Labute approximate surface area is 270 Å². The van der Waals surface area contributed by atoms with Gasteiger partial charge in [0.2, 0.25) is 0 Å². The fraction of sp³-hybridized carbons (Fsp3) is 0.472. The van der Waals surface area contributed by atoms with Gasteiger partial charge in [-0.05, 0) is 68.7 Å². The van der Waals surface area contributed by atoms with Gasteiger partial charge >= 0.3 is 6.01 Å². The molecule has 4 aromatic rings. The average molecular weight is 641 g/mol. The van der Waals surface area contributed by atoms with Gasteiger partial charge in [-0.15, -0.1) is 6.42 Å². The van der Waals surface area contributed by atoms with Crippen LogP contribution in [0, 0.1) is 24.0 Å². The maximum atomic E-state index is 17.2. The Balaban J connectivity index is 1.25. The highest BCUT2D eigenvalue weighted by atomic mass is 19.1. The van der Waals surface area contributed by atoms with E-state index in [1.165, 1.54) is 24.3 Å². The number of ether oxygens (including phenoxy) is 1. The summed E-state index contributed by atoms with van der Waals surface area (Å²) in [5, 5.41) is 15.7. The first kappa shape index (κ1) is 29.0. The molecule has 4 saturated heterocycles. The molecule has 47 heavy (non-hydrogen) atoms. The molecular weight excluding hydrogens is 605 g/mol. The normalized spacial score (nSPS) is 27.1. The summed E-state index contributed by atoms with van der Waals surface area (Å²) in [5.41, 5.74) is 0.415. The van der Waals surface area contributed by atoms with Gasteiger partial charge in [0.15, 0.2) is 5.82 Å². The van der Waals surface area contributed by atoms with Crippen LogP contribution < -0.4 is 15.0 Å². The number of hydrogen-bond acceptors (Lipinski definition) is 8. The number of alkyl halides is 1. The van der Waals surface area contributed by atoms with Crippen LogP contribution in [0.5, 0.6) is 11.8 Å². The molecule has 5 aliphatic rings. The lowest BCUT2D eigenvalue weighted by molar-refractivity contribution is 0.107. The zero-order valence-electron chi connectivity index (χ0n) is 25.9. The quantitative estimate of drug-likeness (QED) is 0.264. The number of hydrogen-bond donors (Lipinski definition) is 2. The predicted molar refractivity (Wildman–Crippen MR) is 172 cm³/mol. The number of nitrogens with zero attached hydrogens (tertiary/aromatic N) is 5. The maximum Gasteiger partial charge on any atom is 0.319 e. The number of aromatic hydroxyl groups is 1. The fourth-order valence-electron chi connectivity index (χ4n) is 8.66. The fourth-order valence-corrected chi connectivity index (χ4v) is 8.66. The number of anilines is 1. The number of rotatable bonds is 6. The second-order valence-electron chi connectivity index (χ2n) is 14.1. The van der Waals surface area contributed by atoms with Crippen molar-refractivity contribution in [2.75, 3.05) is 37.7 Å². The third-order valence-electron chi connectivity index (χ3n) is 10.9. The molecule has 2 N–H and O–H groups in total. The lowest BCUT2D eigenvalue weighted by atomic mass is 9.95. The molecule has 8 nitrogen and oxygen atoms in total. The van der Waals surface area contributed by atoms with Crippen molar-refractivity contribution in [3.8, 4) is 35.4 Å². The van der Waals surface area contributed by atoms with Crippen molar-refractivity contribution in [3.05, 3.63) is 47.2 Å². The van der Waals surface area contributed by atoms with Crippen LogP contribution in [-0.2, 0) is 0 Å². The monoisotopic (exact) mass is 640 g/mol. The van der Waals surface area contributed by atoms with Gasteiger partial charge in [-0.3, -0.25) is 4.90 Å². The molecule has 0 unspecified atom stereocenters. The molecule has 0 amide bonds. The summed E-state index contributed by atoms with van der Waals surface area (Å²) in [5.74, 6) is 1.62. The molecular formula is C36H35F3N6O2. The predicted octanol–water partition coefficient (Wildman–Crippen LogP) is 5.58. The van der Waals surface area contributed by atoms with E-state index in [0.29, 0.717) is 65.8 Å². The first-order chi connectivity index (χ1) is 22.8. The van der Waals surface area contributed by atoms with Gasteiger partial charge in [0, 0.05) is 55.0 Å². The molecule has 0 spiro atoms. The number of pyridine rings is 1. The van der Waals surface area contributed by atoms with E-state index in [4.69, 9.17) is 26.1 Å². The minimum Gasteiger partial charge on any atom is -0.508 e. The zero-order chi connectivity index (χ0) is 32.0. The SMILES string of the molecule is C#Cc1c(F)ccc2cc(O)cc(-c3nc(C4CC4)c4c(N5C[C@H]6CC[C@@H](C5)N6)nc(OC[C@@]56CCCN5C[C@H](F)C6)nc4c3F)c12. The largest absolute Gasteiger partial charge is 0.508 e. The molecule has 242 valence electrons. The lowest BCUT2D eigenvalue weighted by Crippen LogP contribution is -2.51. The highest BCUT2D eigenvalue weighted by Crippen LogP contribution is 2.48. The molecule has 1 saturated carbocycles. The number of terminal acetylenes is 1. The van der Waals surface area contributed by atoms with Crippen molar-refractivity contribution in [1.82, 2.24) is 25.2 Å². The van der Waals surface area contributed by atoms with Crippen LogP contribution in [0.25, 0.3) is 32.9 Å². The van der Waals surface area contributed by atoms with Crippen LogP contribution in [0.15, 0.2) is 24.3 Å². The zero-order valence-corrected chi connectivity index (χ0v) is 25.9. The van der Waals surface area contributed by atoms with Crippen LogP contribution in [0.4, 0.5) is 19.0 Å². The topological polar surface area (TPSA) is 86.6 Å². The first-order valence-electron chi connectivity index (χ1n) is 16.7. The summed E-state index contributed by atoms with van der Waals surface area (Å²) in [7, 11) is 0. The van der Waals surface area contributed by atoms with Crippen LogP contribution in [-0.4, -0.2) is 81.5 Å². The Morgan fingerprint density at radius 2 is 1.85 bits per heavy atom. The Morgan fingerprint density at radius 3 is 2.62 bits per heavy atom. The molecule has 0 radical (unpaired) electrons. The molecule has 9 rings (SSSR count). The summed E-state index contributed by atoms with van der Waals surface area (Å²) >= 11 is 0. The number of benzene rings is 2. The summed E-state index contributed by atoms with van der Waals surface area (Å²) in [6, 6.07) is 6.24. The molecule has 2 aromatic heterocycles. The van der Waals surface area contributed by atoms with E-state index in [2.05, 4.69) is 21.0 Å². The third-order valence-corrected chi connectivity index (χ3v) is 10.9. The van der Waals surface area contributed by atoms with Crippen molar-refractivity contribution in [2.45, 2.75) is 74.7 Å². The number of fused-ring (bicyclic) bond motifs is 5. The van der Waals surface area contributed by atoms with Crippen molar-refractivity contribution >= 4 is 27.5 Å². The van der Waals surface area contributed by atoms with Crippen LogP contribution in [0.3, 0.4) is 0 Å². The van der Waals surface area contributed by atoms with Crippen molar-refractivity contribution < 1.29 is 23.0 Å². The van der Waals surface area contributed by atoms with E-state index < -0.39 is 23.3 Å². The van der Waals surface area contributed by atoms with Gasteiger partial charge in [0.25, 0.3) is 0 Å². The molecule has 4 atom stereocenters. The number of aromatic nitrogens is 3. The average Bonchev–Trinajstić information content (AvgIpc) is 3.65. The number of halogens is 3. The smallest absolute Gasteiger partial charge is 0.319 e. The number of phenols is 1. The second-order valence-corrected chi connectivity index (χ2v) is 14.1. The Morgan fingerprint density at radius 1 is 1.04 bits per heavy atom. The van der Waals surface area contributed by atoms with Gasteiger partial charge in [-0.1, -0.05) is 12.0 Å². The minimum atomic E-state index is -0.912. The number of piperazine rings is 1. The minimum absolute atomic E-state index is 0.0291. The standard InChI is InChI=1S/C36H35F3N6O2/c1-2-25-27(38)9-6-20-12-24(46)13-26(28(20)25)32-30(39)33-29(31(41-32)19-4-5-19)34(44-16-22-7-8-23(17-44)40-22)43-35(42-33)47-18-36-10-3-11-45(36)15-21(37)14-36/h1,6,9,12-13,19,21-23,40,46H,3-5,7-8,10-11,14-18H2/t21-,22-,23+,36+/m1/s1. The van der Waals surface area contributed by atoms with Gasteiger partial charge in [-0.25, -0.2) is 18.2 Å². The summed E-state index contributed by atoms with van der Waals surface area (Å²) in [4.78, 5) is 19.0. The summed E-state index contributed by atoms with van der Waals surface area (Å²) < 4.78 is 53.1. The van der Waals surface area contributed by atoms with Gasteiger partial charge in [0.05, 0.1) is 22.2 Å². The van der Waals surface area contributed by atoms with Crippen molar-refractivity contribution in [2.24, 2.45) is 0 Å². The van der Waals surface area contributed by atoms with Crippen LogP contribution in [0.1, 0.15) is 62.1 Å². The molecule has 2 aromatic carbocycles. The van der Waals surface area contributed by atoms with E-state index in [9.17, 15) is 9.50 Å². The van der Waals surface area contributed by atoms with Crippen LogP contribution >= 0.6 is 0 Å². The Hall–Kier alpha value is -4.14. The Kier molecular flexibility index (Phi) is 6.60. The van der Waals surface area contributed by atoms with E-state index in [0.717, 1.165) is 45.1 Å². The number of nitrogens with one attached hydrogen (secondary N) is 1. The van der Waals surface area contributed by atoms with Gasteiger partial charge < -0.3 is 20.1 Å². The number of phenolic OH excluding ortho intramolecular Hbond substituents is 1. The van der Waals surface area contributed by atoms with Crippen molar-refractivity contribution in [1.29, 1.82) is 0 Å². The maximum absolute atomic E-state index is 17.2. The van der Waals surface area contributed by atoms with E-state index >= 15 is 8.78 Å².